The number of carbonyl (C=O) groups is 1. The third-order valence-electron chi connectivity index (χ3n) is 4.02. The lowest BCUT2D eigenvalue weighted by molar-refractivity contribution is -0.137. The molecule has 1 aliphatic heterocycles. The van der Waals surface area contributed by atoms with Crippen LogP contribution in [-0.2, 0) is 14.6 Å². The number of rotatable bonds is 4. The van der Waals surface area contributed by atoms with E-state index in [-0.39, 0.29) is 29.4 Å². The topological polar surface area (TPSA) is 54.5 Å². The summed E-state index contributed by atoms with van der Waals surface area (Å²) in [6, 6.07) is -0.0941. The largest absolute Gasteiger partial charge is 0.338 e. The average Bonchev–Trinajstić information content (AvgIpc) is 2.76. The van der Waals surface area contributed by atoms with Crippen LogP contribution in [0.2, 0.25) is 0 Å². The maximum atomic E-state index is 12.6. The highest BCUT2D eigenvalue weighted by molar-refractivity contribution is 7.91. The Hall–Kier alpha value is -0.840. The molecule has 1 fully saturated rings. The van der Waals surface area contributed by atoms with Crippen LogP contribution in [0.1, 0.15) is 39.0 Å². The molecule has 19 heavy (non-hydrogen) atoms. The fourth-order valence-electron chi connectivity index (χ4n) is 2.99. The molecular weight excluding hydrogens is 262 g/mol. The Labute approximate surface area is 115 Å². The van der Waals surface area contributed by atoms with Crippen LogP contribution < -0.4 is 0 Å². The molecule has 0 saturated carbocycles. The zero-order valence-electron chi connectivity index (χ0n) is 11.5. The first-order valence-electron chi connectivity index (χ1n) is 7.19. The minimum atomic E-state index is -2.93. The van der Waals surface area contributed by atoms with Gasteiger partial charge < -0.3 is 4.90 Å². The van der Waals surface area contributed by atoms with Crippen LogP contribution in [0.3, 0.4) is 0 Å². The van der Waals surface area contributed by atoms with Gasteiger partial charge in [-0.25, -0.2) is 8.42 Å². The second-order valence-corrected chi connectivity index (χ2v) is 7.80. The summed E-state index contributed by atoms with van der Waals surface area (Å²) in [5, 5.41) is 0. The van der Waals surface area contributed by atoms with E-state index in [2.05, 4.69) is 12.2 Å². The van der Waals surface area contributed by atoms with Crippen molar-refractivity contribution in [3.8, 4) is 0 Å². The Morgan fingerprint density at radius 3 is 2.63 bits per heavy atom. The lowest BCUT2D eigenvalue weighted by Gasteiger charge is -2.32. The van der Waals surface area contributed by atoms with Gasteiger partial charge in [0.1, 0.15) is 0 Å². The molecule has 0 aromatic carbocycles. The molecule has 1 saturated heterocycles. The van der Waals surface area contributed by atoms with Crippen molar-refractivity contribution in [2.45, 2.75) is 45.1 Å². The maximum Gasteiger partial charge on any atom is 0.226 e. The first kappa shape index (κ1) is 14.6. The average molecular weight is 285 g/mol. The molecular formula is C14H23NO3S. The molecule has 0 radical (unpaired) electrons. The molecule has 0 aromatic heterocycles. The van der Waals surface area contributed by atoms with Crippen molar-refractivity contribution in [3.05, 3.63) is 12.2 Å². The number of hydrogen-bond donors (Lipinski definition) is 0. The number of carbonyl (C=O) groups excluding carboxylic acids is 1. The van der Waals surface area contributed by atoms with Crippen molar-refractivity contribution in [3.63, 3.8) is 0 Å². The molecule has 4 nitrogen and oxygen atoms in total. The van der Waals surface area contributed by atoms with E-state index in [1.165, 1.54) is 0 Å². The van der Waals surface area contributed by atoms with Crippen LogP contribution in [0, 0.1) is 5.92 Å². The van der Waals surface area contributed by atoms with Crippen LogP contribution in [0.4, 0.5) is 0 Å². The van der Waals surface area contributed by atoms with E-state index in [0.29, 0.717) is 13.0 Å². The Morgan fingerprint density at radius 1 is 1.32 bits per heavy atom. The Morgan fingerprint density at radius 2 is 2.11 bits per heavy atom. The normalized spacial score (nSPS) is 29.3. The molecule has 1 heterocycles. The molecule has 108 valence electrons. The summed E-state index contributed by atoms with van der Waals surface area (Å²) in [7, 11) is -2.93. The van der Waals surface area contributed by atoms with Crippen molar-refractivity contribution < 1.29 is 13.2 Å². The summed E-state index contributed by atoms with van der Waals surface area (Å²) < 4.78 is 23.2. The smallest absolute Gasteiger partial charge is 0.226 e. The SMILES string of the molecule is CCCN(C(=O)[C@@H]1CC=CCC1)[C@H]1CCS(=O)(=O)C1. The zero-order chi connectivity index (χ0) is 13.9. The Kier molecular flexibility index (Phi) is 4.66. The summed E-state index contributed by atoms with van der Waals surface area (Å²) in [6.07, 6.45) is 8.34. The van der Waals surface area contributed by atoms with Crippen LogP contribution >= 0.6 is 0 Å². The lowest BCUT2D eigenvalue weighted by atomic mass is 9.92. The van der Waals surface area contributed by atoms with Gasteiger partial charge in [-0.05, 0) is 32.1 Å². The van der Waals surface area contributed by atoms with Gasteiger partial charge in [0.15, 0.2) is 9.84 Å². The third-order valence-corrected chi connectivity index (χ3v) is 5.77. The maximum absolute atomic E-state index is 12.6. The second kappa shape index (κ2) is 6.07. The van der Waals surface area contributed by atoms with E-state index in [9.17, 15) is 13.2 Å². The van der Waals surface area contributed by atoms with Gasteiger partial charge in [0.2, 0.25) is 5.91 Å². The Balaban J connectivity index is 2.07. The van der Waals surface area contributed by atoms with Gasteiger partial charge in [-0.3, -0.25) is 4.79 Å². The highest BCUT2D eigenvalue weighted by Gasteiger charge is 2.36. The van der Waals surface area contributed by atoms with Gasteiger partial charge in [0.05, 0.1) is 11.5 Å². The second-order valence-electron chi connectivity index (χ2n) is 5.57. The zero-order valence-corrected chi connectivity index (χ0v) is 12.4. The molecule has 0 bridgehead atoms. The quantitative estimate of drug-likeness (QED) is 0.740. The van der Waals surface area contributed by atoms with Gasteiger partial charge >= 0.3 is 0 Å². The molecule has 0 aromatic rings. The van der Waals surface area contributed by atoms with Crippen molar-refractivity contribution in [1.82, 2.24) is 4.90 Å². The first-order chi connectivity index (χ1) is 9.03. The monoisotopic (exact) mass is 285 g/mol. The number of allylic oxidation sites excluding steroid dienone is 2. The number of sulfone groups is 1. The predicted octanol–water partition coefficient (Wildman–Crippen LogP) is 1.77. The van der Waals surface area contributed by atoms with Gasteiger partial charge in [-0.1, -0.05) is 19.1 Å². The standard InChI is InChI=1S/C14H23NO3S/c1-2-9-15(13-8-10-19(17,18)11-13)14(16)12-6-4-3-5-7-12/h3-4,12-13H,2,5-11H2,1H3/t12-,13+/m1/s1. The fraction of sp³-hybridized carbons (Fsp3) is 0.786. The summed E-state index contributed by atoms with van der Waals surface area (Å²) >= 11 is 0. The molecule has 2 aliphatic rings. The van der Waals surface area contributed by atoms with E-state index in [1.807, 2.05) is 11.8 Å². The van der Waals surface area contributed by atoms with Gasteiger partial charge in [-0.2, -0.15) is 0 Å². The predicted molar refractivity (Wildman–Crippen MR) is 75.5 cm³/mol. The molecule has 0 unspecified atom stereocenters. The van der Waals surface area contributed by atoms with Gasteiger partial charge in [-0.15, -0.1) is 0 Å². The van der Waals surface area contributed by atoms with Crippen molar-refractivity contribution in [1.29, 1.82) is 0 Å². The number of amides is 1. The van der Waals surface area contributed by atoms with Gasteiger partial charge in [0.25, 0.3) is 0 Å². The molecule has 0 N–H and O–H groups in total. The van der Waals surface area contributed by atoms with Crippen molar-refractivity contribution >= 4 is 15.7 Å². The van der Waals surface area contributed by atoms with Crippen LogP contribution in [-0.4, -0.2) is 43.3 Å². The van der Waals surface area contributed by atoms with E-state index in [0.717, 1.165) is 25.7 Å². The Bertz CT molecular complexity index is 455. The molecule has 2 atom stereocenters. The minimum absolute atomic E-state index is 0.0554. The van der Waals surface area contributed by atoms with E-state index < -0.39 is 9.84 Å². The van der Waals surface area contributed by atoms with Crippen LogP contribution in [0.5, 0.6) is 0 Å². The summed E-state index contributed by atoms with van der Waals surface area (Å²) in [5.74, 6) is 0.602. The van der Waals surface area contributed by atoms with E-state index >= 15 is 0 Å². The lowest BCUT2D eigenvalue weighted by Crippen LogP contribution is -2.44. The summed E-state index contributed by atoms with van der Waals surface area (Å²) in [6.45, 7) is 2.71. The van der Waals surface area contributed by atoms with Crippen molar-refractivity contribution in [2.75, 3.05) is 18.1 Å². The molecule has 2 rings (SSSR count). The number of nitrogens with zero attached hydrogens (tertiary/aromatic N) is 1. The summed E-state index contributed by atoms with van der Waals surface area (Å²) in [4.78, 5) is 14.4. The molecule has 5 heteroatoms. The fourth-order valence-corrected chi connectivity index (χ4v) is 4.72. The first-order valence-corrected chi connectivity index (χ1v) is 9.01. The third kappa shape index (κ3) is 3.59. The van der Waals surface area contributed by atoms with Crippen LogP contribution in [0.15, 0.2) is 12.2 Å². The molecule has 0 spiro atoms. The minimum Gasteiger partial charge on any atom is -0.338 e. The molecule has 1 amide bonds. The van der Waals surface area contributed by atoms with Crippen molar-refractivity contribution in [2.24, 2.45) is 5.92 Å². The van der Waals surface area contributed by atoms with Crippen LogP contribution in [0.25, 0.3) is 0 Å². The highest BCUT2D eigenvalue weighted by atomic mass is 32.2. The summed E-state index contributed by atoms with van der Waals surface area (Å²) in [5.41, 5.74) is 0. The van der Waals surface area contributed by atoms with E-state index in [4.69, 9.17) is 0 Å². The van der Waals surface area contributed by atoms with Gasteiger partial charge in [0, 0.05) is 18.5 Å². The molecule has 1 aliphatic carbocycles. The highest BCUT2D eigenvalue weighted by Crippen LogP contribution is 2.25. The van der Waals surface area contributed by atoms with E-state index in [1.54, 1.807) is 0 Å². The number of hydrogen-bond acceptors (Lipinski definition) is 3.